The van der Waals surface area contributed by atoms with Crippen LogP contribution in [0.15, 0.2) is 42.5 Å². The van der Waals surface area contributed by atoms with Crippen LogP contribution in [-0.2, 0) is 41.7 Å². The Morgan fingerprint density at radius 1 is 1.13 bits per heavy atom. The minimum Gasteiger partial charge on any atom is -0.376 e. The monoisotopic (exact) mass is 565 g/mol. The van der Waals surface area contributed by atoms with E-state index in [1.165, 1.54) is 6.07 Å². The maximum atomic E-state index is 14.5. The zero-order valence-electron chi connectivity index (χ0n) is 22.1. The summed E-state index contributed by atoms with van der Waals surface area (Å²) in [6, 6.07) is 10.6. The van der Waals surface area contributed by atoms with Gasteiger partial charge in [0.05, 0.1) is 31.5 Å². The van der Waals surface area contributed by atoms with E-state index in [1.807, 2.05) is 32.0 Å². The standard InChI is InChI=1S/C29H34ClF2NO6/c1-28(2)38-25-14-29(27(34)33-15-22-7-4-10-35-22,37-17-19-8-9-21(31)12-23(19)32)13-24(26(25)39-28)36-16-18-5-3-6-20(30)11-18/h3,5-6,8-9,11-12,22,24-26H,4,7,10,13-17H2,1-2H3,(H,33,34)/t22-,24+,25-,26+,29-/m1/s1. The Balaban J connectivity index is 1.40. The topological polar surface area (TPSA) is 75.3 Å². The normalized spacial score (nSPS) is 29.8. The number of hydrogen-bond donors (Lipinski definition) is 1. The molecule has 0 radical (unpaired) electrons. The van der Waals surface area contributed by atoms with Gasteiger partial charge in [-0.1, -0.05) is 29.8 Å². The number of fused-ring (bicyclic) bond motifs is 1. The van der Waals surface area contributed by atoms with E-state index < -0.39 is 41.3 Å². The van der Waals surface area contributed by atoms with Gasteiger partial charge in [0.2, 0.25) is 0 Å². The van der Waals surface area contributed by atoms with Crippen LogP contribution in [0.4, 0.5) is 8.78 Å². The van der Waals surface area contributed by atoms with Gasteiger partial charge in [-0.25, -0.2) is 8.78 Å². The number of amides is 1. The molecule has 0 spiro atoms. The van der Waals surface area contributed by atoms with E-state index in [1.54, 1.807) is 6.07 Å². The molecule has 2 aromatic rings. The molecule has 0 unspecified atom stereocenters. The lowest BCUT2D eigenvalue weighted by molar-refractivity contribution is -0.184. The quantitative estimate of drug-likeness (QED) is 0.458. The first-order valence-electron chi connectivity index (χ1n) is 13.3. The van der Waals surface area contributed by atoms with E-state index in [4.69, 9.17) is 35.3 Å². The van der Waals surface area contributed by atoms with Crippen molar-refractivity contribution < 1.29 is 37.3 Å². The summed E-state index contributed by atoms with van der Waals surface area (Å²) in [6.07, 6.45) is 0.528. The van der Waals surface area contributed by atoms with Crippen LogP contribution in [0.1, 0.15) is 50.7 Å². The maximum absolute atomic E-state index is 14.5. The summed E-state index contributed by atoms with van der Waals surface area (Å²) in [7, 11) is 0. The minimum absolute atomic E-state index is 0.0724. The summed E-state index contributed by atoms with van der Waals surface area (Å²) in [5, 5.41) is 3.58. The Labute approximate surface area is 232 Å². The molecule has 10 heteroatoms. The van der Waals surface area contributed by atoms with Crippen molar-refractivity contribution in [3.8, 4) is 0 Å². The Hall–Kier alpha value is -2.14. The number of nitrogens with one attached hydrogen (secondary N) is 1. The Morgan fingerprint density at radius 3 is 2.72 bits per heavy atom. The molecular formula is C29H34ClF2NO6. The molecular weight excluding hydrogens is 532 g/mol. The molecule has 1 amide bonds. The Kier molecular flexibility index (Phi) is 8.56. The fourth-order valence-corrected chi connectivity index (χ4v) is 5.78. The smallest absolute Gasteiger partial charge is 0.252 e. The van der Waals surface area contributed by atoms with Crippen molar-refractivity contribution in [1.29, 1.82) is 0 Å². The fourth-order valence-electron chi connectivity index (χ4n) is 5.57. The molecule has 1 aliphatic carbocycles. The number of hydrogen-bond acceptors (Lipinski definition) is 6. The summed E-state index contributed by atoms with van der Waals surface area (Å²) in [5.41, 5.74) is -0.403. The summed E-state index contributed by atoms with van der Waals surface area (Å²) in [5.74, 6) is -2.67. The molecule has 5 rings (SSSR count). The lowest BCUT2D eigenvalue weighted by atomic mass is 9.78. The van der Waals surface area contributed by atoms with E-state index in [0.29, 0.717) is 18.2 Å². The average molecular weight is 566 g/mol. The second-order valence-corrected chi connectivity index (χ2v) is 11.3. The van der Waals surface area contributed by atoms with E-state index >= 15 is 0 Å². The van der Waals surface area contributed by atoms with Gasteiger partial charge in [0, 0.05) is 42.6 Å². The molecule has 2 heterocycles. The highest BCUT2D eigenvalue weighted by atomic mass is 35.5. The van der Waals surface area contributed by atoms with E-state index in [0.717, 1.165) is 30.5 Å². The first-order chi connectivity index (χ1) is 18.6. The van der Waals surface area contributed by atoms with Crippen LogP contribution in [0.5, 0.6) is 0 Å². The van der Waals surface area contributed by atoms with E-state index in [9.17, 15) is 13.6 Å². The van der Waals surface area contributed by atoms with Crippen LogP contribution in [0, 0.1) is 11.6 Å². The van der Waals surface area contributed by atoms with Gasteiger partial charge in [-0.15, -0.1) is 0 Å². The van der Waals surface area contributed by atoms with Gasteiger partial charge in [-0.05, 0) is 50.5 Å². The molecule has 7 nitrogen and oxygen atoms in total. The van der Waals surface area contributed by atoms with Gasteiger partial charge < -0.3 is 29.0 Å². The Morgan fingerprint density at radius 2 is 1.97 bits per heavy atom. The predicted octanol–water partition coefficient (Wildman–Crippen LogP) is 5.07. The van der Waals surface area contributed by atoms with E-state index in [2.05, 4.69) is 5.32 Å². The second-order valence-electron chi connectivity index (χ2n) is 10.9. The molecule has 39 heavy (non-hydrogen) atoms. The summed E-state index contributed by atoms with van der Waals surface area (Å²) in [4.78, 5) is 13.8. The average Bonchev–Trinajstić information content (AvgIpc) is 3.51. The van der Waals surface area contributed by atoms with Crippen molar-refractivity contribution in [2.45, 2.75) is 88.5 Å². The van der Waals surface area contributed by atoms with Gasteiger partial charge in [0.1, 0.15) is 17.7 Å². The SMILES string of the molecule is CC1(C)O[C@H]2[C@@H](OCc3cccc(Cl)c3)C[C@](OCc3ccc(F)cc3F)(C(=O)NC[C@H]3CCCO3)C[C@H]2O1. The lowest BCUT2D eigenvalue weighted by Crippen LogP contribution is -2.60. The van der Waals surface area contributed by atoms with Crippen molar-refractivity contribution >= 4 is 17.5 Å². The summed E-state index contributed by atoms with van der Waals surface area (Å²) >= 11 is 6.15. The van der Waals surface area contributed by atoms with Crippen molar-refractivity contribution in [3.05, 3.63) is 70.2 Å². The molecule has 0 bridgehead atoms. The predicted molar refractivity (Wildman–Crippen MR) is 139 cm³/mol. The molecule has 3 fully saturated rings. The number of benzene rings is 2. The zero-order valence-corrected chi connectivity index (χ0v) is 22.8. The van der Waals surface area contributed by atoms with E-state index in [-0.39, 0.29) is 43.6 Å². The van der Waals surface area contributed by atoms with Crippen molar-refractivity contribution in [3.63, 3.8) is 0 Å². The third-order valence-corrected chi connectivity index (χ3v) is 7.69. The summed E-state index contributed by atoms with van der Waals surface area (Å²) in [6.45, 7) is 4.62. The third kappa shape index (κ3) is 6.78. The number of ether oxygens (including phenoxy) is 5. The molecule has 2 saturated heterocycles. The first kappa shape index (κ1) is 28.4. The minimum atomic E-state index is -1.41. The number of carbonyl (C=O) groups excluding carboxylic acids is 1. The molecule has 1 N–H and O–H groups in total. The van der Waals surface area contributed by atoms with Crippen LogP contribution in [-0.4, -0.2) is 54.9 Å². The first-order valence-corrected chi connectivity index (χ1v) is 13.7. The van der Waals surface area contributed by atoms with Gasteiger partial charge in [-0.2, -0.15) is 0 Å². The zero-order chi connectivity index (χ0) is 27.6. The number of rotatable bonds is 9. The van der Waals surface area contributed by atoms with Crippen LogP contribution in [0.3, 0.4) is 0 Å². The molecule has 0 aromatic heterocycles. The number of halogens is 3. The maximum Gasteiger partial charge on any atom is 0.252 e. The van der Waals surface area contributed by atoms with Crippen molar-refractivity contribution in [2.75, 3.05) is 13.2 Å². The molecule has 212 valence electrons. The highest BCUT2D eigenvalue weighted by Crippen LogP contribution is 2.44. The van der Waals surface area contributed by atoms with Crippen molar-refractivity contribution in [2.24, 2.45) is 0 Å². The largest absolute Gasteiger partial charge is 0.376 e. The molecule has 5 atom stereocenters. The highest BCUT2D eigenvalue weighted by molar-refractivity contribution is 6.30. The van der Waals surface area contributed by atoms with Gasteiger partial charge in [-0.3, -0.25) is 4.79 Å². The second kappa shape index (κ2) is 11.8. The summed E-state index contributed by atoms with van der Waals surface area (Å²) < 4.78 is 58.7. The third-order valence-electron chi connectivity index (χ3n) is 7.45. The van der Waals surface area contributed by atoms with Crippen LogP contribution >= 0.6 is 11.6 Å². The Bertz CT molecular complexity index is 1180. The van der Waals surface area contributed by atoms with Crippen LogP contribution in [0.2, 0.25) is 5.02 Å². The van der Waals surface area contributed by atoms with Crippen LogP contribution < -0.4 is 5.32 Å². The molecule has 2 aliphatic heterocycles. The van der Waals surface area contributed by atoms with Gasteiger partial charge in [0.15, 0.2) is 11.4 Å². The van der Waals surface area contributed by atoms with Crippen LogP contribution in [0.25, 0.3) is 0 Å². The molecule has 2 aromatic carbocycles. The van der Waals surface area contributed by atoms with Gasteiger partial charge >= 0.3 is 0 Å². The molecule has 3 aliphatic rings. The highest BCUT2D eigenvalue weighted by Gasteiger charge is 2.58. The lowest BCUT2D eigenvalue weighted by Gasteiger charge is -2.43. The van der Waals surface area contributed by atoms with Crippen molar-refractivity contribution in [1.82, 2.24) is 5.32 Å². The fraction of sp³-hybridized carbons (Fsp3) is 0.552. The molecule has 1 saturated carbocycles. The van der Waals surface area contributed by atoms with Gasteiger partial charge in [0.25, 0.3) is 5.91 Å². The number of carbonyl (C=O) groups is 1.